The summed E-state index contributed by atoms with van der Waals surface area (Å²) in [6.45, 7) is 2.37. The second-order valence-electron chi connectivity index (χ2n) is 6.32. The van der Waals surface area contributed by atoms with Gasteiger partial charge in [-0.05, 0) is 19.8 Å². The minimum Gasteiger partial charge on any atom is -0.385 e. The van der Waals surface area contributed by atoms with Crippen LogP contribution in [0.1, 0.15) is 45.4 Å². The zero-order valence-electron chi connectivity index (χ0n) is 11.4. The molecule has 5 heteroatoms. The molecule has 0 aromatic rings. The van der Waals surface area contributed by atoms with Crippen molar-refractivity contribution >= 4 is 11.8 Å². The number of amides is 2. The summed E-state index contributed by atoms with van der Waals surface area (Å²) in [6, 6.07) is 0. The van der Waals surface area contributed by atoms with Gasteiger partial charge in [-0.2, -0.15) is 0 Å². The number of β-amino-alcohol motifs (C(OH)–C–C–N with tert-alkyl or cyclic N) is 1. The van der Waals surface area contributed by atoms with Crippen molar-refractivity contribution in [2.45, 2.75) is 57.2 Å². The maximum atomic E-state index is 12.5. The molecule has 2 aliphatic heterocycles. The number of carbonyl (C=O) groups is 2. The third-order valence-electron chi connectivity index (χ3n) is 5.14. The van der Waals surface area contributed by atoms with Gasteiger partial charge in [-0.15, -0.1) is 0 Å². The molecule has 106 valence electrons. The molecule has 5 nitrogen and oxygen atoms in total. The highest BCUT2D eigenvalue weighted by Gasteiger charge is 2.55. The first-order chi connectivity index (χ1) is 8.97. The monoisotopic (exact) mass is 267 g/mol. The van der Waals surface area contributed by atoms with E-state index in [0.29, 0.717) is 19.4 Å². The fourth-order valence-corrected chi connectivity index (χ4v) is 3.71. The Morgan fingerprint density at radius 3 is 2.58 bits per heavy atom. The average molecular weight is 267 g/mol. The Kier molecular flexibility index (Phi) is 2.94. The standard InChI is InChI=1S/C14H21NO4/c1-10-14(18,6-7-19-10)9-15-11(16)8-13(12(15)17)4-2-3-5-13/h10,18H,2-9H2,1H3. The maximum Gasteiger partial charge on any atom is 0.236 e. The SMILES string of the molecule is CC1OCCC1(O)CN1C(=O)CC2(CCCC2)C1=O. The molecular formula is C14H21NO4. The molecule has 3 rings (SSSR count). The van der Waals surface area contributed by atoms with E-state index in [0.717, 1.165) is 25.7 Å². The minimum atomic E-state index is -1.07. The third kappa shape index (κ3) is 1.91. The molecule has 1 N–H and O–H groups in total. The van der Waals surface area contributed by atoms with Gasteiger partial charge in [0.15, 0.2) is 0 Å². The summed E-state index contributed by atoms with van der Waals surface area (Å²) in [4.78, 5) is 26.0. The van der Waals surface area contributed by atoms with Gasteiger partial charge in [0.1, 0.15) is 5.60 Å². The van der Waals surface area contributed by atoms with E-state index in [-0.39, 0.29) is 24.5 Å². The Hall–Kier alpha value is -0.940. The molecule has 3 aliphatic rings. The second-order valence-corrected chi connectivity index (χ2v) is 6.32. The predicted octanol–water partition coefficient (Wildman–Crippen LogP) is 0.846. The maximum absolute atomic E-state index is 12.5. The number of hydrogen-bond donors (Lipinski definition) is 1. The van der Waals surface area contributed by atoms with Crippen LogP contribution in [0, 0.1) is 5.41 Å². The Labute approximate surface area is 112 Å². The van der Waals surface area contributed by atoms with E-state index in [1.165, 1.54) is 4.90 Å². The summed E-state index contributed by atoms with van der Waals surface area (Å²) in [5.74, 6) is -0.193. The molecule has 2 saturated heterocycles. The van der Waals surface area contributed by atoms with E-state index in [9.17, 15) is 14.7 Å². The summed E-state index contributed by atoms with van der Waals surface area (Å²) < 4.78 is 5.37. The van der Waals surface area contributed by atoms with Crippen molar-refractivity contribution in [3.8, 4) is 0 Å². The van der Waals surface area contributed by atoms with Crippen molar-refractivity contribution in [1.29, 1.82) is 0 Å². The van der Waals surface area contributed by atoms with Crippen LogP contribution in [0.3, 0.4) is 0 Å². The van der Waals surface area contributed by atoms with E-state index in [1.54, 1.807) is 6.92 Å². The molecule has 2 amide bonds. The van der Waals surface area contributed by atoms with Gasteiger partial charge in [0, 0.05) is 19.4 Å². The van der Waals surface area contributed by atoms with Gasteiger partial charge in [-0.3, -0.25) is 14.5 Å². The molecule has 2 unspecified atom stereocenters. The fraction of sp³-hybridized carbons (Fsp3) is 0.857. The van der Waals surface area contributed by atoms with Crippen LogP contribution in [0.5, 0.6) is 0 Å². The van der Waals surface area contributed by atoms with Gasteiger partial charge in [0.05, 0.1) is 18.1 Å². The van der Waals surface area contributed by atoms with E-state index >= 15 is 0 Å². The van der Waals surface area contributed by atoms with E-state index in [4.69, 9.17) is 4.74 Å². The van der Waals surface area contributed by atoms with Gasteiger partial charge >= 0.3 is 0 Å². The van der Waals surface area contributed by atoms with Crippen molar-refractivity contribution < 1.29 is 19.4 Å². The smallest absolute Gasteiger partial charge is 0.236 e. The highest BCUT2D eigenvalue weighted by atomic mass is 16.5. The molecular weight excluding hydrogens is 246 g/mol. The fourth-order valence-electron chi connectivity index (χ4n) is 3.71. The van der Waals surface area contributed by atoms with Gasteiger partial charge in [0.25, 0.3) is 0 Å². The minimum absolute atomic E-state index is 0.0671. The third-order valence-corrected chi connectivity index (χ3v) is 5.14. The van der Waals surface area contributed by atoms with Gasteiger partial charge in [0.2, 0.25) is 11.8 Å². The number of nitrogens with zero attached hydrogens (tertiary/aromatic N) is 1. The topological polar surface area (TPSA) is 66.8 Å². The quantitative estimate of drug-likeness (QED) is 0.753. The number of aliphatic hydroxyl groups is 1. The molecule has 0 radical (unpaired) electrons. The Bertz CT molecular complexity index is 416. The summed E-state index contributed by atoms with van der Waals surface area (Å²) in [7, 11) is 0. The van der Waals surface area contributed by atoms with Crippen LogP contribution in [0.15, 0.2) is 0 Å². The first-order valence-electron chi connectivity index (χ1n) is 7.16. The van der Waals surface area contributed by atoms with Crippen LogP contribution in [-0.2, 0) is 14.3 Å². The average Bonchev–Trinajstić information content (AvgIpc) is 3.00. The molecule has 0 bridgehead atoms. The number of hydrogen-bond acceptors (Lipinski definition) is 4. The van der Waals surface area contributed by atoms with Crippen molar-refractivity contribution in [2.75, 3.05) is 13.2 Å². The van der Waals surface area contributed by atoms with Crippen LogP contribution in [0.25, 0.3) is 0 Å². The first-order valence-corrected chi connectivity index (χ1v) is 7.16. The van der Waals surface area contributed by atoms with E-state index in [1.807, 2.05) is 0 Å². The van der Waals surface area contributed by atoms with Gasteiger partial charge < -0.3 is 9.84 Å². The number of ether oxygens (including phenoxy) is 1. The van der Waals surface area contributed by atoms with Crippen LogP contribution < -0.4 is 0 Å². The Morgan fingerprint density at radius 1 is 1.32 bits per heavy atom. The molecule has 0 aromatic heterocycles. The molecule has 19 heavy (non-hydrogen) atoms. The molecule has 1 saturated carbocycles. The summed E-state index contributed by atoms with van der Waals surface area (Å²) in [5.41, 5.74) is -1.52. The lowest BCUT2D eigenvalue weighted by Gasteiger charge is -2.31. The largest absolute Gasteiger partial charge is 0.385 e. The zero-order valence-corrected chi connectivity index (χ0v) is 11.4. The van der Waals surface area contributed by atoms with Crippen molar-refractivity contribution in [2.24, 2.45) is 5.41 Å². The van der Waals surface area contributed by atoms with Crippen LogP contribution in [0.4, 0.5) is 0 Å². The second kappa shape index (κ2) is 4.28. The lowest BCUT2D eigenvalue weighted by atomic mass is 9.84. The number of imide groups is 1. The van der Waals surface area contributed by atoms with Crippen molar-refractivity contribution in [3.05, 3.63) is 0 Å². The molecule has 0 aromatic carbocycles. The van der Waals surface area contributed by atoms with Crippen molar-refractivity contribution in [1.82, 2.24) is 4.90 Å². The highest BCUT2D eigenvalue weighted by Crippen LogP contribution is 2.47. The van der Waals surface area contributed by atoms with Gasteiger partial charge in [-0.1, -0.05) is 12.8 Å². The summed E-state index contributed by atoms with van der Waals surface area (Å²) in [6.07, 6.45) is 4.17. The van der Waals surface area contributed by atoms with E-state index < -0.39 is 11.0 Å². The molecule has 3 fully saturated rings. The number of carbonyl (C=O) groups excluding carboxylic acids is 2. The first kappa shape index (κ1) is 13.1. The lowest BCUT2D eigenvalue weighted by molar-refractivity contribution is -0.146. The van der Waals surface area contributed by atoms with Gasteiger partial charge in [-0.25, -0.2) is 0 Å². The van der Waals surface area contributed by atoms with Crippen LogP contribution in [0.2, 0.25) is 0 Å². The zero-order chi connectivity index (χ0) is 13.7. The predicted molar refractivity (Wildman–Crippen MR) is 67.2 cm³/mol. The number of rotatable bonds is 2. The van der Waals surface area contributed by atoms with Crippen LogP contribution >= 0.6 is 0 Å². The Balaban J connectivity index is 1.78. The lowest BCUT2D eigenvalue weighted by Crippen LogP contribution is -2.50. The highest BCUT2D eigenvalue weighted by molar-refractivity contribution is 6.06. The normalized spacial score (nSPS) is 37.8. The summed E-state index contributed by atoms with van der Waals surface area (Å²) >= 11 is 0. The molecule has 2 heterocycles. The molecule has 1 spiro atoms. The summed E-state index contributed by atoms with van der Waals surface area (Å²) in [5, 5.41) is 10.5. The molecule has 1 aliphatic carbocycles. The number of likely N-dealkylation sites (tertiary alicyclic amines) is 1. The van der Waals surface area contributed by atoms with Crippen molar-refractivity contribution in [3.63, 3.8) is 0 Å². The Morgan fingerprint density at radius 2 is 2.00 bits per heavy atom. The molecule has 2 atom stereocenters. The van der Waals surface area contributed by atoms with E-state index in [2.05, 4.69) is 0 Å². The van der Waals surface area contributed by atoms with Crippen LogP contribution in [-0.4, -0.2) is 46.7 Å².